The van der Waals surface area contributed by atoms with Gasteiger partial charge in [0.1, 0.15) is 13.4 Å². The number of carbonyl (C=O) groups excluding carboxylic acids is 1. The van der Waals surface area contributed by atoms with E-state index in [2.05, 4.69) is 19.0 Å². The van der Waals surface area contributed by atoms with E-state index in [9.17, 15) is 4.79 Å². The van der Waals surface area contributed by atoms with Crippen LogP contribution in [0, 0.1) is 23.2 Å². The average Bonchev–Trinajstić information content (AvgIpc) is 2.18. The Bertz CT molecular complexity index is 283. The molecule has 0 heterocycles. The molecule has 78 valence electrons. The van der Waals surface area contributed by atoms with Crippen LogP contribution in [0.1, 0.15) is 26.7 Å². The summed E-state index contributed by atoms with van der Waals surface area (Å²) in [4.78, 5) is 15.7. The lowest BCUT2D eigenvalue weighted by atomic mass is 9.46. The Morgan fingerprint density at radius 3 is 2.71 bits per heavy atom. The number of oxime groups is 1. The number of aldehydes is 1. The molecule has 0 spiro atoms. The van der Waals surface area contributed by atoms with E-state index in [0.29, 0.717) is 17.3 Å². The summed E-state index contributed by atoms with van der Waals surface area (Å²) < 4.78 is 0. The number of hydrogen-bond donors (Lipinski definition) is 0. The van der Waals surface area contributed by atoms with E-state index in [1.807, 2.05) is 0 Å². The molecular weight excluding hydrogens is 178 g/mol. The minimum absolute atomic E-state index is 0.00623. The van der Waals surface area contributed by atoms with Crippen molar-refractivity contribution in [3.05, 3.63) is 0 Å². The highest BCUT2D eigenvalue weighted by atomic mass is 16.6. The van der Waals surface area contributed by atoms with Crippen molar-refractivity contribution in [2.75, 3.05) is 7.11 Å². The van der Waals surface area contributed by atoms with Crippen molar-refractivity contribution in [3.8, 4) is 0 Å². The largest absolute Gasteiger partial charge is 0.399 e. The molecule has 0 aromatic carbocycles. The third-order valence-corrected chi connectivity index (χ3v) is 4.11. The lowest BCUT2D eigenvalue weighted by Crippen LogP contribution is -2.56. The molecule has 0 N–H and O–H groups in total. The number of hydrogen-bond acceptors (Lipinski definition) is 3. The van der Waals surface area contributed by atoms with Gasteiger partial charge in [0.05, 0.1) is 11.6 Å². The molecule has 2 bridgehead atoms. The van der Waals surface area contributed by atoms with Crippen LogP contribution in [-0.2, 0) is 9.63 Å². The smallest absolute Gasteiger partial charge is 0.128 e. The highest BCUT2D eigenvalue weighted by Gasteiger charge is 2.56. The van der Waals surface area contributed by atoms with Crippen LogP contribution in [0.15, 0.2) is 5.16 Å². The zero-order valence-corrected chi connectivity index (χ0v) is 8.99. The fourth-order valence-corrected chi connectivity index (χ4v) is 2.97. The van der Waals surface area contributed by atoms with Gasteiger partial charge in [-0.25, -0.2) is 0 Å². The predicted molar refractivity (Wildman–Crippen MR) is 54.0 cm³/mol. The topological polar surface area (TPSA) is 38.7 Å². The van der Waals surface area contributed by atoms with E-state index in [1.54, 1.807) is 7.11 Å². The Balaban J connectivity index is 2.26. The fourth-order valence-electron chi connectivity index (χ4n) is 2.97. The Labute approximate surface area is 84.5 Å². The predicted octanol–water partition coefficient (Wildman–Crippen LogP) is 1.87. The molecule has 0 unspecified atom stereocenters. The Hall–Kier alpha value is -0.860. The maximum atomic E-state index is 10.9. The van der Waals surface area contributed by atoms with E-state index in [4.69, 9.17) is 4.84 Å². The van der Waals surface area contributed by atoms with Gasteiger partial charge in [-0.3, -0.25) is 0 Å². The summed E-state index contributed by atoms with van der Waals surface area (Å²) in [6, 6.07) is 0. The first kappa shape index (κ1) is 9.69. The molecule has 3 heteroatoms. The highest BCUT2D eigenvalue weighted by Crippen LogP contribution is 2.59. The van der Waals surface area contributed by atoms with Gasteiger partial charge in [0.15, 0.2) is 0 Å². The summed E-state index contributed by atoms with van der Waals surface area (Å²) in [5, 5.41) is 4.04. The first-order valence-electron chi connectivity index (χ1n) is 5.17. The number of carbonyl (C=O) groups is 1. The van der Waals surface area contributed by atoms with Gasteiger partial charge in [-0.2, -0.15) is 0 Å². The van der Waals surface area contributed by atoms with Crippen molar-refractivity contribution in [2.24, 2.45) is 28.3 Å². The zero-order chi connectivity index (χ0) is 10.3. The SMILES string of the molecule is CO/N=C1/[C@@H](C=O)C[C@H]2C[C@@H]1C2(C)C. The quantitative estimate of drug-likeness (QED) is 0.498. The van der Waals surface area contributed by atoms with Gasteiger partial charge < -0.3 is 9.63 Å². The van der Waals surface area contributed by atoms with Gasteiger partial charge in [-0.1, -0.05) is 19.0 Å². The van der Waals surface area contributed by atoms with Crippen molar-refractivity contribution >= 4 is 12.0 Å². The van der Waals surface area contributed by atoms with Gasteiger partial charge in [0, 0.05) is 5.92 Å². The van der Waals surface area contributed by atoms with Crippen LogP contribution in [0.2, 0.25) is 0 Å². The second-order valence-electron chi connectivity index (χ2n) is 4.98. The van der Waals surface area contributed by atoms with E-state index in [0.717, 1.165) is 18.4 Å². The molecule has 3 saturated carbocycles. The standard InChI is InChI=1S/C11H17NO2/c1-11(2)8-4-7(6-13)10(12-14-3)9(11)5-8/h6-9H,4-5H2,1-3H3/b12-10-/t7-,8+,9+/m1/s1. The van der Waals surface area contributed by atoms with E-state index >= 15 is 0 Å². The summed E-state index contributed by atoms with van der Waals surface area (Å²) in [7, 11) is 1.55. The number of fused-ring (bicyclic) bond motifs is 2. The molecule has 3 nitrogen and oxygen atoms in total. The van der Waals surface area contributed by atoms with E-state index in [-0.39, 0.29) is 5.92 Å². The molecule has 0 amide bonds. The van der Waals surface area contributed by atoms with Crippen LogP contribution in [0.25, 0.3) is 0 Å². The van der Waals surface area contributed by atoms with E-state index in [1.165, 1.54) is 6.42 Å². The Morgan fingerprint density at radius 2 is 2.21 bits per heavy atom. The van der Waals surface area contributed by atoms with Crippen molar-refractivity contribution in [2.45, 2.75) is 26.7 Å². The minimum Gasteiger partial charge on any atom is -0.399 e. The first-order chi connectivity index (χ1) is 6.61. The van der Waals surface area contributed by atoms with Crippen molar-refractivity contribution < 1.29 is 9.63 Å². The molecule has 3 fully saturated rings. The Kier molecular flexibility index (Phi) is 2.13. The lowest BCUT2D eigenvalue weighted by Gasteiger charge is -2.58. The number of nitrogens with zero attached hydrogens (tertiary/aromatic N) is 1. The first-order valence-corrected chi connectivity index (χ1v) is 5.17. The molecule has 0 radical (unpaired) electrons. The van der Waals surface area contributed by atoms with Crippen molar-refractivity contribution in [1.82, 2.24) is 0 Å². The summed E-state index contributed by atoms with van der Waals surface area (Å²) in [5.41, 5.74) is 1.28. The Morgan fingerprint density at radius 1 is 1.50 bits per heavy atom. The summed E-state index contributed by atoms with van der Waals surface area (Å²) in [6.07, 6.45) is 3.15. The molecule has 14 heavy (non-hydrogen) atoms. The molecule has 3 atom stereocenters. The van der Waals surface area contributed by atoms with Crippen LogP contribution < -0.4 is 0 Å². The molecule has 0 aliphatic heterocycles. The third kappa shape index (κ3) is 1.11. The van der Waals surface area contributed by atoms with Gasteiger partial charge in [-0.15, -0.1) is 0 Å². The maximum Gasteiger partial charge on any atom is 0.128 e. The second kappa shape index (κ2) is 3.07. The highest BCUT2D eigenvalue weighted by molar-refractivity contribution is 6.00. The molecule has 0 aromatic heterocycles. The molecule has 3 aliphatic carbocycles. The normalized spacial score (nSPS) is 41.6. The third-order valence-electron chi connectivity index (χ3n) is 4.11. The molecule has 0 saturated heterocycles. The van der Waals surface area contributed by atoms with Crippen LogP contribution in [0.3, 0.4) is 0 Å². The average molecular weight is 195 g/mol. The second-order valence-corrected chi connectivity index (χ2v) is 4.98. The molecule has 0 aromatic rings. The fraction of sp³-hybridized carbons (Fsp3) is 0.818. The minimum atomic E-state index is 0.00623. The van der Waals surface area contributed by atoms with Gasteiger partial charge >= 0.3 is 0 Å². The van der Waals surface area contributed by atoms with Crippen molar-refractivity contribution in [1.29, 1.82) is 0 Å². The van der Waals surface area contributed by atoms with Crippen LogP contribution in [0.5, 0.6) is 0 Å². The number of rotatable bonds is 2. The summed E-state index contributed by atoms with van der Waals surface area (Å²) in [6.45, 7) is 4.52. The summed E-state index contributed by atoms with van der Waals surface area (Å²) in [5.74, 6) is 1.15. The summed E-state index contributed by atoms with van der Waals surface area (Å²) >= 11 is 0. The van der Waals surface area contributed by atoms with Crippen LogP contribution >= 0.6 is 0 Å². The van der Waals surface area contributed by atoms with Gasteiger partial charge in [0.25, 0.3) is 0 Å². The van der Waals surface area contributed by atoms with Crippen molar-refractivity contribution in [3.63, 3.8) is 0 Å². The monoisotopic (exact) mass is 195 g/mol. The maximum absolute atomic E-state index is 10.9. The lowest BCUT2D eigenvalue weighted by molar-refractivity contribution is -0.113. The van der Waals surface area contributed by atoms with Gasteiger partial charge in [0.2, 0.25) is 0 Å². The molecular formula is C11H17NO2. The van der Waals surface area contributed by atoms with Gasteiger partial charge in [-0.05, 0) is 24.2 Å². The van der Waals surface area contributed by atoms with Crippen LogP contribution in [0.4, 0.5) is 0 Å². The molecule has 3 rings (SSSR count). The molecule has 3 aliphatic rings. The zero-order valence-electron chi connectivity index (χ0n) is 8.99. The van der Waals surface area contributed by atoms with E-state index < -0.39 is 0 Å². The van der Waals surface area contributed by atoms with Crippen LogP contribution in [-0.4, -0.2) is 19.1 Å².